The van der Waals surface area contributed by atoms with Crippen LogP contribution in [0, 0.1) is 13.8 Å². The van der Waals surface area contributed by atoms with Crippen molar-refractivity contribution in [3.05, 3.63) is 145 Å². The van der Waals surface area contributed by atoms with E-state index >= 15 is 0 Å². The van der Waals surface area contributed by atoms with Crippen molar-refractivity contribution < 1.29 is 14.0 Å². The average molecular weight is 561 g/mol. The molecule has 0 fully saturated rings. The normalized spacial score (nSPS) is 17.5. The molecule has 1 unspecified atom stereocenters. The summed E-state index contributed by atoms with van der Waals surface area (Å²) in [4.78, 5) is 46.8. The highest BCUT2D eigenvalue weighted by molar-refractivity contribution is 6.31. The lowest BCUT2D eigenvalue weighted by atomic mass is 9.83. The molecule has 7 heteroatoms. The fourth-order valence-corrected chi connectivity index (χ4v) is 6.43. The summed E-state index contributed by atoms with van der Waals surface area (Å²) in [6, 6.07) is 27.7. The number of carbonyl (C=O) groups excluding carboxylic acids is 2. The zero-order valence-electron chi connectivity index (χ0n) is 22.5. The number of halogens is 1. The van der Waals surface area contributed by atoms with Crippen LogP contribution in [0.15, 0.2) is 100 Å². The number of nitrogens with zero attached hydrogens (tertiary/aromatic N) is 2. The lowest BCUT2D eigenvalue weighted by Crippen LogP contribution is -2.53. The van der Waals surface area contributed by atoms with Gasteiger partial charge in [-0.3, -0.25) is 14.4 Å². The van der Waals surface area contributed by atoms with Crippen LogP contribution in [0.5, 0.6) is 0 Å². The van der Waals surface area contributed by atoms with Gasteiger partial charge < -0.3 is 14.2 Å². The number of hydrogen-bond donors (Lipinski definition) is 0. The molecule has 0 N–H and O–H groups in total. The molecule has 3 heterocycles. The molecule has 5 aromatic rings. The molecular weight excluding hydrogens is 536 g/mol. The minimum atomic E-state index is -1.72. The van der Waals surface area contributed by atoms with Gasteiger partial charge in [0.25, 0.3) is 11.8 Å². The summed E-state index contributed by atoms with van der Waals surface area (Å²) < 4.78 is 6.18. The summed E-state index contributed by atoms with van der Waals surface area (Å²) in [5.41, 5.74) is 3.00. The summed E-state index contributed by atoms with van der Waals surface area (Å²) in [6.07, 6.45) is 0. The maximum atomic E-state index is 15.0. The Bertz CT molecular complexity index is 1980. The Morgan fingerprint density at radius 3 is 2.29 bits per heavy atom. The zero-order valence-corrected chi connectivity index (χ0v) is 23.2. The molecule has 202 valence electrons. The van der Waals surface area contributed by atoms with E-state index in [4.69, 9.17) is 16.0 Å². The summed E-state index contributed by atoms with van der Waals surface area (Å²) in [5.74, 6) is -1.01. The molecule has 0 radical (unpaired) electrons. The van der Waals surface area contributed by atoms with E-state index in [0.29, 0.717) is 32.8 Å². The Balaban J connectivity index is 1.53. The van der Waals surface area contributed by atoms with Gasteiger partial charge in [-0.25, -0.2) is 0 Å². The highest BCUT2D eigenvalue weighted by atomic mass is 35.5. The van der Waals surface area contributed by atoms with Gasteiger partial charge in [-0.15, -0.1) is 0 Å². The zero-order chi connectivity index (χ0) is 28.5. The molecule has 7 rings (SSSR count). The Kier molecular flexibility index (Phi) is 5.66. The third kappa shape index (κ3) is 3.54. The first-order valence-electron chi connectivity index (χ1n) is 13.4. The smallest absolute Gasteiger partial charge is 0.291 e. The molecule has 2 aliphatic heterocycles. The van der Waals surface area contributed by atoms with Gasteiger partial charge in [0.2, 0.25) is 5.76 Å². The van der Waals surface area contributed by atoms with Crippen molar-refractivity contribution in [1.82, 2.24) is 4.90 Å². The molecule has 41 heavy (non-hydrogen) atoms. The topological polar surface area (TPSA) is 70.8 Å². The lowest BCUT2D eigenvalue weighted by Gasteiger charge is -2.34. The Morgan fingerprint density at radius 2 is 1.51 bits per heavy atom. The third-order valence-corrected chi connectivity index (χ3v) is 8.64. The van der Waals surface area contributed by atoms with E-state index in [-0.39, 0.29) is 35.7 Å². The number of aryl methyl sites for hydroxylation is 2. The van der Waals surface area contributed by atoms with Gasteiger partial charge in [0.05, 0.1) is 23.2 Å². The van der Waals surface area contributed by atoms with Crippen LogP contribution in [-0.2, 0) is 23.4 Å². The van der Waals surface area contributed by atoms with Crippen LogP contribution in [0.1, 0.15) is 43.9 Å². The molecule has 4 aromatic carbocycles. The van der Waals surface area contributed by atoms with Gasteiger partial charge in [0.15, 0.2) is 11.0 Å². The fraction of sp³-hybridized carbons (Fsp3) is 0.147. The monoisotopic (exact) mass is 560 g/mol. The number of fused-ring (bicyclic) bond motifs is 5. The average Bonchev–Trinajstić information content (AvgIpc) is 3.36. The molecule has 0 aliphatic carbocycles. The van der Waals surface area contributed by atoms with E-state index in [1.807, 2.05) is 86.6 Å². The van der Waals surface area contributed by atoms with E-state index in [2.05, 4.69) is 0 Å². The van der Waals surface area contributed by atoms with Crippen molar-refractivity contribution in [2.75, 3.05) is 4.90 Å². The number of amides is 2. The second-order valence-electron chi connectivity index (χ2n) is 10.7. The van der Waals surface area contributed by atoms with E-state index in [9.17, 15) is 14.4 Å². The maximum Gasteiger partial charge on any atom is 0.291 e. The quantitative estimate of drug-likeness (QED) is 0.251. The van der Waals surface area contributed by atoms with Crippen LogP contribution in [0.2, 0.25) is 5.02 Å². The van der Waals surface area contributed by atoms with Crippen LogP contribution in [0.25, 0.3) is 11.0 Å². The van der Waals surface area contributed by atoms with Crippen LogP contribution >= 0.6 is 11.6 Å². The van der Waals surface area contributed by atoms with Gasteiger partial charge >= 0.3 is 0 Å². The number of anilines is 1. The van der Waals surface area contributed by atoms with Crippen molar-refractivity contribution >= 4 is 40.1 Å². The van der Waals surface area contributed by atoms with Crippen molar-refractivity contribution in [2.24, 2.45) is 0 Å². The molecule has 0 saturated carbocycles. The fourth-order valence-electron chi connectivity index (χ4n) is 6.24. The maximum absolute atomic E-state index is 15.0. The van der Waals surface area contributed by atoms with Crippen LogP contribution in [-0.4, -0.2) is 16.7 Å². The van der Waals surface area contributed by atoms with E-state index in [1.165, 1.54) is 4.90 Å². The van der Waals surface area contributed by atoms with Crippen LogP contribution in [0.3, 0.4) is 0 Å². The van der Waals surface area contributed by atoms with Crippen LogP contribution < -0.4 is 10.3 Å². The standard InChI is InChI=1S/C34H25ClN2O4/c1-20-15-16-28-24(17-20)30(38)29-31(41-28)32(39)37(19-23-11-5-7-13-26(23)35)34(29)25-12-6-8-14-27(25)36(33(34)40)18-22-10-4-3-9-21(22)2/h3-17H,18-19H2,1-2H3. The van der Waals surface area contributed by atoms with Crippen molar-refractivity contribution in [3.63, 3.8) is 0 Å². The molecule has 1 spiro atoms. The first-order chi connectivity index (χ1) is 19.8. The molecule has 0 bridgehead atoms. The van der Waals surface area contributed by atoms with Crippen molar-refractivity contribution in [2.45, 2.75) is 32.5 Å². The summed E-state index contributed by atoms with van der Waals surface area (Å²) >= 11 is 6.56. The van der Waals surface area contributed by atoms with Gasteiger partial charge in [-0.05, 0) is 54.8 Å². The number of para-hydroxylation sites is 1. The predicted octanol–water partition coefficient (Wildman–Crippen LogP) is 6.51. The Labute approximate surface area is 241 Å². The lowest BCUT2D eigenvalue weighted by molar-refractivity contribution is -0.126. The highest BCUT2D eigenvalue weighted by Crippen LogP contribution is 2.53. The second kappa shape index (κ2) is 9.18. The first-order valence-corrected chi connectivity index (χ1v) is 13.8. The predicted molar refractivity (Wildman–Crippen MR) is 158 cm³/mol. The second-order valence-corrected chi connectivity index (χ2v) is 11.1. The first kappa shape index (κ1) is 25.3. The van der Waals surface area contributed by atoms with E-state index < -0.39 is 11.4 Å². The van der Waals surface area contributed by atoms with Crippen molar-refractivity contribution in [1.29, 1.82) is 0 Å². The van der Waals surface area contributed by atoms with Gasteiger partial charge in [0, 0.05) is 17.1 Å². The molecule has 1 aromatic heterocycles. The third-order valence-electron chi connectivity index (χ3n) is 8.27. The van der Waals surface area contributed by atoms with Gasteiger partial charge in [-0.2, -0.15) is 0 Å². The summed E-state index contributed by atoms with van der Waals surface area (Å²) in [6.45, 7) is 4.18. The molecule has 2 aliphatic rings. The van der Waals surface area contributed by atoms with Gasteiger partial charge in [0.1, 0.15) is 5.58 Å². The Hall–Kier alpha value is -4.68. The number of hydrogen-bond acceptors (Lipinski definition) is 4. The minimum absolute atomic E-state index is 0.00972. The van der Waals surface area contributed by atoms with E-state index in [1.54, 1.807) is 23.1 Å². The number of rotatable bonds is 4. The summed E-state index contributed by atoms with van der Waals surface area (Å²) in [7, 11) is 0. The number of benzene rings is 4. The number of carbonyl (C=O) groups is 2. The van der Waals surface area contributed by atoms with Gasteiger partial charge in [-0.1, -0.05) is 83.9 Å². The molecule has 0 saturated heterocycles. The van der Waals surface area contributed by atoms with Crippen molar-refractivity contribution in [3.8, 4) is 0 Å². The largest absolute Gasteiger partial charge is 0.450 e. The highest BCUT2D eigenvalue weighted by Gasteiger charge is 2.65. The molecular formula is C34H25ClN2O4. The minimum Gasteiger partial charge on any atom is -0.450 e. The molecule has 6 nitrogen and oxygen atoms in total. The molecule has 1 atom stereocenters. The Morgan fingerprint density at radius 1 is 0.805 bits per heavy atom. The molecule has 2 amide bonds. The van der Waals surface area contributed by atoms with Crippen LogP contribution in [0.4, 0.5) is 5.69 Å². The SMILES string of the molecule is Cc1ccc2oc3c(c(=O)c2c1)C1(C(=O)N(Cc2ccccc2C)c2ccccc21)N(Cc1ccccc1Cl)C3=O. The summed E-state index contributed by atoms with van der Waals surface area (Å²) in [5, 5.41) is 0.792. The van der Waals surface area contributed by atoms with E-state index in [0.717, 1.165) is 16.7 Å².